The number of ether oxygens (including phenoxy) is 1. The average Bonchev–Trinajstić information content (AvgIpc) is 2.42. The minimum absolute atomic E-state index is 0.0127. The first-order valence-electron chi connectivity index (χ1n) is 6.12. The van der Waals surface area contributed by atoms with E-state index in [9.17, 15) is 9.59 Å². The Morgan fingerprint density at radius 3 is 3.21 bits per heavy atom. The molecular weight excluding hydrogens is 250 g/mol. The van der Waals surface area contributed by atoms with E-state index in [2.05, 4.69) is 15.3 Å². The van der Waals surface area contributed by atoms with E-state index >= 15 is 0 Å². The van der Waals surface area contributed by atoms with Crippen LogP contribution in [0.1, 0.15) is 6.92 Å². The quantitative estimate of drug-likeness (QED) is 0.583. The van der Waals surface area contributed by atoms with Crippen molar-refractivity contribution in [3.05, 3.63) is 16.7 Å². The Morgan fingerprint density at radius 2 is 2.47 bits per heavy atom. The number of anilines is 2. The number of carbonyl (C=O) groups excluding carboxylic acids is 1. The Balaban J connectivity index is 2.31. The number of carbonyl (C=O) groups is 1. The number of nitrogen functional groups attached to an aromatic ring is 1. The van der Waals surface area contributed by atoms with Gasteiger partial charge in [0.2, 0.25) is 0 Å². The van der Waals surface area contributed by atoms with Gasteiger partial charge in [-0.15, -0.1) is 0 Å². The Morgan fingerprint density at radius 1 is 1.68 bits per heavy atom. The van der Waals surface area contributed by atoms with Crippen molar-refractivity contribution >= 4 is 17.5 Å². The van der Waals surface area contributed by atoms with E-state index in [1.807, 2.05) is 0 Å². The molecule has 1 aliphatic rings. The fourth-order valence-corrected chi connectivity index (χ4v) is 2.04. The van der Waals surface area contributed by atoms with Gasteiger partial charge in [0.1, 0.15) is 11.7 Å². The number of hydrogen-bond donors (Lipinski definition) is 3. The first-order valence-corrected chi connectivity index (χ1v) is 6.12. The van der Waals surface area contributed by atoms with Crippen LogP contribution in [0.2, 0.25) is 0 Å². The number of hydrogen-bond acceptors (Lipinski definition) is 7. The molecule has 0 aromatic carbocycles. The summed E-state index contributed by atoms with van der Waals surface area (Å²) in [5.41, 5.74) is 5.33. The molecule has 0 aliphatic carbocycles. The van der Waals surface area contributed by atoms with Gasteiger partial charge in [0.15, 0.2) is 5.82 Å². The van der Waals surface area contributed by atoms with Crippen molar-refractivity contribution in [1.82, 2.24) is 15.3 Å². The minimum Gasteiger partial charge on any atom is -0.464 e. The first-order chi connectivity index (χ1) is 9.15. The fourth-order valence-electron chi connectivity index (χ4n) is 2.04. The predicted octanol–water partition coefficient (Wildman–Crippen LogP) is -1.31. The van der Waals surface area contributed by atoms with Crippen LogP contribution in [0.5, 0.6) is 0 Å². The lowest BCUT2D eigenvalue weighted by molar-refractivity contribution is -0.144. The summed E-state index contributed by atoms with van der Waals surface area (Å²) >= 11 is 0. The van der Waals surface area contributed by atoms with Gasteiger partial charge in [-0.05, 0) is 6.92 Å². The second-order valence-corrected chi connectivity index (χ2v) is 4.13. The van der Waals surface area contributed by atoms with E-state index in [0.29, 0.717) is 32.1 Å². The van der Waals surface area contributed by atoms with E-state index in [-0.39, 0.29) is 11.7 Å². The number of aromatic nitrogens is 2. The van der Waals surface area contributed by atoms with Gasteiger partial charge < -0.3 is 25.7 Å². The van der Waals surface area contributed by atoms with Gasteiger partial charge in [0, 0.05) is 19.6 Å². The number of aromatic amines is 1. The summed E-state index contributed by atoms with van der Waals surface area (Å²) in [5, 5.41) is 3.11. The molecule has 1 aromatic rings. The van der Waals surface area contributed by atoms with Crippen molar-refractivity contribution in [3.63, 3.8) is 0 Å². The number of rotatable bonds is 3. The summed E-state index contributed by atoms with van der Waals surface area (Å²) in [7, 11) is 0. The highest BCUT2D eigenvalue weighted by atomic mass is 16.5. The van der Waals surface area contributed by atoms with Gasteiger partial charge >= 0.3 is 5.97 Å². The molecule has 1 saturated heterocycles. The molecule has 0 amide bonds. The lowest BCUT2D eigenvalue weighted by Crippen LogP contribution is -2.56. The molecule has 1 unspecified atom stereocenters. The molecular formula is C11H17N5O3. The molecule has 0 spiro atoms. The van der Waals surface area contributed by atoms with Crippen LogP contribution >= 0.6 is 0 Å². The average molecular weight is 267 g/mol. The highest BCUT2D eigenvalue weighted by molar-refractivity contribution is 5.81. The minimum atomic E-state index is -0.523. The Labute approximate surface area is 110 Å². The van der Waals surface area contributed by atoms with E-state index in [1.165, 1.54) is 6.33 Å². The molecule has 4 N–H and O–H groups in total. The molecule has 0 bridgehead atoms. The monoisotopic (exact) mass is 267 g/mol. The number of nitrogens with one attached hydrogen (secondary N) is 2. The first kappa shape index (κ1) is 13.3. The van der Waals surface area contributed by atoms with Crippen LogP contribution in [0.25, 0.3) is 0 Å². The van der Waals surface area contributed by atoms with Crippen molar-refractivity contribution in [2.24, 2.45) is 0 Å². The summed E-state index contributed by atoms with van der Waals surface area (Å²) in [4.78, 5) is 31.6. The van der Waals surface area contributed by atoms with Crippen LogP contribution in [-0.4, -0.2) is 48.2 Å². The molecule has 0 radical (unpaired) electrons. The van der Waals surface area contributed by atoms with Gasteiger partial charge in [-0.3, -0.25) is 4.79 Å². The zero-order valence-corrected chi connectivity index (χ0v) is 10.7. The van der Waals surface area contributed by atoms with Gasteiger partial charge in [-0.2, -0.15) is 0 Å². The zero-order valence-electron chi connectivity index (χ0n) is 10.7. The summed E-state index contributed by atoms with van der Waals surface area (Å²) < 4.78 is 5.03. The van der Waals surface area contributed by atoms with E-state index in [1.54, 1.807) is 11.8 Å². The highest BCUT2D eigenvalue weighted by Crippen LogP contribution is 2.19. The molecule has 1 aromatic heterocycles. The standard InChI is InChI=1S/C11H17N5O3/c1-2-19-11(18)7-5-13-3-4-16(7)9-8(12)10(17)15-6-14-9/h6-7,13H,2-5,12H2,1H3,(H,14,15,17). The van der Waals surface area contributed by atoms with E-state index in [4.69, 9.17) is 10.5 Å². The zero-order chi connectivity index (χ0) is 13.8. The fraction of sp³-hybridized carbons (Fsp3) is 0.545. The molecule has 0 saturated carbocycles. The highest BCUT2D eigenvalue weighted by Gasteiger charge is 2.32. The molecule has 8 heteroatoms. The van der Waals surface area contributed by atoms with E-state index < -0.39 is 11.6 Å². The van der Waals surface area contributed by atoms with Gasteiger partial charge in [0.25, 0.3) is 5.56 Å². The van der Waals surface area contributed by atoms with Crippen molar-refractivity contribution in [1.29, 1.82) is 0 Å². The summed E-state index contributed by atoms with van der Waals surface area (Å²) in [6.07, 6.45) is 1.28. The van der Waals surface area contributed by atoms with Gasteiger partial charge in [-0.1, -0.05) is 0 Å². The molecule has 1 aliphatic heterocycles. The summed E-state index contributed by atoms with van der Waals surface area (Å²) in [5.74, 6) is -0.0283. The second-order valence-electron chi connectivity index (χ2n) is 4.13. The Kier molecular flexibility index (Phi) is 4.00. The molecule has 1 fully saturated rings. The van der Waals surface area contributed by atoms with Crippen molar-refractivity contribution < 1.29 is 9.53 Å². The number of esters is 1. The van der Waals surface area contributed by atoms with Crippen LogP contribution < -0.4 is 21.5 Å². The SMILES string of the molecule is CCOC(=O)C1CNCCN1c1nc[nH]c(=O)c1N. The van der Waals surface area contributed by atoms with Crippen LogP contribution in [0.4, 0.5) is 11.5 Å². The third kappa shape index (κ3) is 2.68. The smallest absolute Gasteiger partial charge is 0.330 e. The van der Waals surface area contributed by atoms with Gasteiger partial charge in [0.05, 0.1) is 12.9 Å². The van der Waals surface area contributed by atoms with Crippen LogP contribution in [-0.2, 0) is 9.53 Å². The molecule has 2 rings (SSSR count). The third-order valence-corrected chi connectivity index (χ3v) is 2.94. The number of nitrogens with two attached hydrogens (primary N) is 1. The van der Waals surface area contributed by atoms with Crippen molar-refractivity contribution in [2.45, 2.75) is 13.0 Å². The van der Waals surface area contributed by atoms with Crippen LogP contribution in [0, 0.1) is 0 Å². The topological polar surface area (TPSA) is 113 Å². The van der Waals surface area contributed by atoms with Crippen LogP contribution in [0.3, 0.4) is 0 Å². The molecule has 104 valence electrons. The lowest BCUT2D eigenvalue weighted by Gasteiger charge is -2.35. The number of nitrogens with zero attached hydrogens (tertiary/aromatic N) is 2. The predicted molar refractivity (Wildman–Crippen MR) is 69.9 cm³/mol. The maximum Gasteiger partial charge on any atom is 0.330 e. The molecule has 8 nitrogen and oxygen atoms in total. The molecule has 19 heavy (non-hydrogen) atoms. The number of H-pyrrole nitrogens is 1. The summed E-state index contributed by atoms with van der Waals surface area (Å²) in [6.45, 7) is 3.71. The molecule has 2 heterocycles. The normalized spacial score (nSPS) is 19.2. The van der Waals surface area contributed by atoms with Gasteiger partial charge in [-0.25, -0.2) is 9.78 Å². The largest absolute Gasteiger partial charge is 0.464 e. The Bertz CT molecular complexity index is 515. The maximum absolute atomic E-state index is 11.9. The lowest BCUT2D eigenvalue weighted by atomic mass is 10.2. The second kappa shape index (κ2) is 5.70. The molecule has 1 atom stereocenters. The number of piperazine rings is 1. The maximum atomic E-state index is 11.9. The summed E-state index contributed by atoms with van der Waals surface area (Å²) in [6, 6.07) is -0.523. The van der Waals surface area contributed by atoms with Crippen molar-refractivity contribution in [3.8, 4) is 0 Å². The van der Waals surface area contributed by atoms with Crippen LogP contribution in [0.15, 0.2) is 11.1 Å². The third-order valence-electron chi connectivity index (χ3n) is 2.94. The Hall–Kier alpha value is -2.09. The van der Waals surface area contributed by atoms with Crippen molar-refractivity contribution in [2.75, 3.05) is 36.9 Å². The van der Waals surface area contributed by atoms with E-state index in [0.717, 1.165) is 0 Å².